The van der Waals surface area contributed by atoms with E-state index in [2.05, 4.69) is 16.0 Å². The molecule has 2 N–H and O–H groups in total. The third kappa shape index (κ3) is 2.18. The van der Waals surface area contributed by atoms with Gasteiger partial charge >= 0.3 is 0 Å². The number of nitrogens with zero attached hydrogens (tertiary/aromatic N) is 3. The van der Waals surface area contributed by atoms with Crippen LogP contribution in [0.4, 0.5) is 5.95 Å². The monoisotopic (exact) mass is 268 g/mol. The summed E-state index contributed by atoms with van der Waals surface area (Å²) in [5, 5.41) is 0. The summed E-state index contributed by atoms with van der Waals surface area (Å²) >= 11 is 0. The van der Waals surface area contributed by atoms with Crippen LogP contribution in [0.1, 0.15) is 11.1 Å². The van der Waals surface area contributed by atoms with E-state index in [9.17, 15) is 0 Å². The van der Waals surface area contributed by atoms with Crippen LogP contribution in [0.15, 0.2) is 36.5 Å². The molecule has 2 heterocycles. The van der Waals surface area contributed by atoms with Crippen molar-refractivity contribution in [2.45, 2.75) is 13.5 Å². The van der Waals surface area contributed by atoms with Gasteiger partial charge < -0.3 is 15.0 Å². The Bertz CT molecular complexity index is 746. The van der Waals surface area contributed by atoms with Crippen molar-refractivity contribution < 1.29 is 4.74 Å². The Labute approximate surface area is 117 Å². The van der Waals surface area contributed by atoms with E-state index in [4.69, 9.17) is 10.5 Å². The van der Waals surface area contributed by atoms with Crippen molar-refractivity contribution in [1.82, 2.24) is 14.5 Å². The Morgan fingerprint density at radius 2 is 2.10 bits per heavy atom. The molecule has 1 aromatic carbocycles. The Balaban J connectivity index is 1.99. The standard InChI is InChI=1S/C15H16N4O/c1-10-3-5-13-12(7-10)18-15(16)19(13)9-11-4-6-14(20-2)17-8-11/h3-8H,9H2,1-2H3,(H2,16,18). The highest BCUT2D eigenvalue weighted by molar-refractivity contribution is 5.79. The quantitative estimate of drug-likeness (QED) is 0.792. The van der Waals surface area contributed by atoms with Crippen LogP contribution in [-0.4, -0.2) is 21.6 Å². The van der Waals surface area contributed by atoms with Crippen molar-refractivity contribution in [3.8, 4) is 5.88 Å². The maximum atomic E-state index is 6.01. The molecule has 102 valence electrons. The van der Waals surface area contributed by atoms with Gasteiger partial charge in [-0.3, -0.25) is 0 Å². The number of pyridine rings is 1. The topological polar surface area (TPSA) is 66.0 Å². The minimum absolute atomic E-state index is 0.515. The second-order valence-electron chi connectivity index (χ2n) is 4.76. The predicted octanol–water partition coefficient (Wildman–Crippen LogP) is 2.38. The molecule has 3 aromatic rings. The van der Waals surface area contributed by atoms with Crippen molar-refractivity contribution in [1.29, 1.82) is 0 Å². The highest BCUT2D eigenvalue weighted by Crippen LogP contribution is 2.20. The van der Waals surface area contributed by atoms with Crippen molar-refractivity contribution in [3.05, 3.63) is 47.7 Å². The normalized spacial score (nSPS) is 10.9. The molecule has 2 aromatic heterocycles. The van der Waals surface area contributed by atoms with E-state index in [1.165, 1.54) is 5.56 Å². The van der Waals surface area contributed by atoms with Gasteiger partial charge in [-0.05, 0) is 30.2 Å². The lowest BCUT2D eigenvalue weighted by molar-refractivity contribution is 0.397. The minimum atomic E-state index is 0.515. The summed E-state index contributed by atoms with van der Waals surface area (Å²) in [6, 6.07) is 9.96. The van der Waals surface area contributed by atoms with Crippen LogP contribution < -0.4 is 10.5 Å². The summed E-state index contributed by atoms with van der Waals surface area (Å²) in [6.45, 7) is 2.68. The molecule has 0 aliphatic rings. The largest absolute Gasteiger partial charge is 0.481 e. The SMILES string of the molecule is COc1ccc(Cn2c(N)nc3cc(C)ccc32)cn1. The number of nitrogens with two attached hydrogens (primary N) is 1. The fourth-order valence-electron chi connectivity index (χ4n) is 2.23. The smallest absolute Gasteiger partial charge is 0.212 e. The molecule has 0 fully saturated rings. The molecular formula is C15H16N4O. The lowest BCUT2D eigenvalue weighted by Gasteiger charge is -2.07. The number of fused-ring (bicyclic) bond motifs is 1. The van der Waals surface area contributed by atoms with Crippen LogP contribution in [-0.2, 0) is 6.54 Å². The van der Waals surface area contributed by atoms with Gasteiger partial charge in [0.1, 0.15) is 0 Å². The molecule has 0 radical (unpaired) electrons. The average Bonchev–Trinajstić information content (AvgIpc) is 2.75. The van der Waals surface area contributed by atoms with E-state index < -0.39 is 0 Å². The first-order valence-corrected chi connectivity index (χ1v) is 6.38. The fourth-order valence-corrected chi connectivity index (χ4v) is 2.23. The molecule has 0 unspecified atom stereocenters. The molecule has 0 spiro atoms. The van der Waals surface area contributed by atoms with Crippen molar-refractivity contribution in [3.63, 3.8) is 0 Å². The molecule has 0 atom stereocenters. The van der Waals surface area contributed by atoms with Gasteiger partial charge in [0.05, 0.1) is 24.7 Å². The van der Waals surface area contributed by atoms with E-state index in [1.807, 2.05) is 35.8 Å². The second-order valence-corrected chi connectivity index (χ2v) is 4.76. The number of nitrogen functional groups attached to an aromatic ring is 1. The van der Waals surface area contributed by atoms with Gasteiger partial charge in [0.2, 0.25) is 11.8 Å². The summed E-state index contributed by atoms with van der Waals surface area (Å²) in [6.07, 6.45) is 1.79. The molecule has 20 heavy (non-hydrogen) atoms. The lowest BCUT2D eigenvalue weighted by atomic mass is 10.2. The number of hydrogen-bond acceptors (Lipinski definition) is 4. The van der Waals surface area contributed by atoms with E-state index in [0.717, 1.165) is 16.6 Å². The Kier molecular flexibility index (Phi) is 3.02. The molecule has 0 amide bonds. The molecule has 5 nitrogen and oxygen atoms in total. The summed E-state index contributed by atoms with van der Waals surface area (Å²) in [5.74, 6) is 1.12. The number of methoxy groups -OCH3 is 1. The Morgan fingerprint density at radius 1 is 1.25 bits per heavy atom. The Morgan fingerprint density at radius 3 is 2.80 bits per heavy atom. The summed E-state index contributed by atoms with van der Waals surface area (Å²) < 4.78 is 7.04. The minimum Gasteiger partial charge on any atom is -0.481 e. The van der Waals surface area contributed by atoms with Gasteiger partial charge in [0, 0.05) is 12.3 Å². The fraction of sp³-hybridized carbons (Fsp3) is 0.200. The number of imidazole rings is 1. The van der Waals surface area contributed by atoms with E-state index in [-0.39, 0.29) is 0 Å². The number of rotatable bonds is 3. The van der Waals surface area contributed by atoms with Gasteiger partial charge in [-0.2, -0.15) is 0 Å². The molecule has 5 heteroatoms. The molecular weight excluding hydrogens is 252 g/mol. The zero-order valence-corrected chi connectivity index (χ0v) is 11.5. The van der Waals surface area contributed by atoms with Crippen LogP contribution in [0.3, 0.4) is 0 Å². The summed E-state index contributed by atoms with van der Waals surface area (Å²) in [4.78, 5) is 8.60. The van der Waals surface area contributed by atoms with Crippen LogP contribution in [0.2, 0.25) is 0 Å². The van der Waals surface area contributed by atoms with Gasteiger partial charge in [-0.1, -0.05) is 12.1 Å². The van der Waals surface area contributed by atoms with Gasteiger partial charge in [-0.25, -0.2) is 9.97 Å². The van der Waals surface area contributed by atoms with Gasteiger partial charge in [0.15, 0.2) is 0 Å². The first kappa shape index (κ1) is 12.5. The lowest BCUT2D eigenvalue weighted by Crippen LogP contribution is -2.05. The molecule has 0 bridgehead atoms. The van der Waals surface area contributed by atoms with E-state index >= 15 is 0 Å². The van der Waals surface area contributed by atoms with Gasteiger partial charge in [-0.15, -0.1) is 0 Å². The van der Waals surface area contributed by atoms with Crippen LogP contribution >= 0.6 is 0 Å². The van der Waals surface area contributed by atoms with Gasteiger partial charge in [0.25, 0.3) is 0 Å². The average molecular weight is 268 g/mol. The van der Waals surface area contributed by atoms with Crippen molar-refractivity contribution in [2.24, 2.45) is 0 Å². The van der Waals surface area contributed by atoms with Crippen LogP contribution in [0, 0.1) is 6.92 Å². The predicted molar refractivity (Wildman–Crippen MR) is 78.8 cm³/mol. The summed E-state index contributed by atoms with van der Waals surface area (Å²) in [7, 11) is 1.60. The zero-order chi connectivity index (χ0) is 14.1. The van der Waals surface area contributed by atoms with E-state index in [0.29, 0.717) is 18.4 Å². The van der Waals surface area contributed by atoms with Crippen LogP contribution in [0.5, 0.6) is 5.88 Å². The van der Waals surface area contributed by atoms with E-state index in [1.54, 1.807) is 13.3 Å². The number of aryl methyl sites for hydroxylation is 1. The number of hydrogen-bond donors (Lipinski definition) is 1. The maximum Gasteiger partial charge on any atom is 0.212 e. The number of benzene rings is 1. The molecule has 0 saturated heterocycles. The highest BCUT2D eigenvalue weighted by Gasteiger charge is 2.09. The molecule has 0 saturated carbocycles. The first-order chi connectivity index (χ1) is 9.67. The highest BCUT2D eigenvalue weighted by atomic mass is 16.5. The number of anilines is 1. The second kappa shape index (κ2) is 4.85. The zero-order valence-electron chi connectivity index (χ0n) is 11.5. The van der Waals surface area contributed by atoms with Crippen molar-refractivity contribution >= 4 is 17.0 Å². The Hall–Kier alpha value is -2.56. The number of ether oxygens (including phenoxy) is 1. The molecule has 3 rings (SSSR count). The number of aromatic nitrogens is 3. The van der Waals surface area contributed by atoms with Crippen LogP contribution in [0.25, 0.3) is 11.0 Å². The first-order valence-electron chi connectivity index (χ1n) is 6.38. The summed E-state index contributed by atoms with van der Waals surface area (Å²) in [5.41, 5.74) is 10.2. The molecule has 0 aliphatic heterocycles. The third-order valence-electron chi connectivity index (χ3n) is 3.28. The maximum absolute atomic E-state index is 6.01. The van der Waals surface area contributed by atoms with Crippen molar-refractivity contribution in [2.75, 3.05) is 12.8 Å². The molecule has 0 aliphatic carbocycles. The third-order valence-corrected chi connectivity index (χ3v) is 3.28.